The van der Waals surface area contributed by atoms with Crippen LogP contribution in [-0.4, -0.2) is 6.03 Å². The summed E-state index contributed by atoms with van der Waals surface area (Å²) in [6, 6.07) is 9.00. The van der Waals surface area contributed by atoms with Crippen molar-refractivity contribution in [2.75, 3.05) is 0 Å². The van der Waals surface area contributed by atoms with Crippen LogP contribution in [0.25, 0.3) is 5.70 Å². The molecular formula is C10H12N2O. The highest BCUT2D eigenvalue weighted by Gasteiger charge is 2.00. The summed E-state index contributed by atoms with van der Waals surface area (Å²) in [5.41, 5.74) is 6.69. The van der Waals surface area contributed by atoms with Gasteiger partial charge in [0.2, 0.25) is 0 Å². The van der Waals surface area contributed by atoms with E-state index in [4.69, 9.17) is 5.73 Å². The van der Waals surface area contributed by atoms with Gasteiger partial charge >= 0.3 is 6.03 Å². The predicted molar refractivity (Wildman–Crippen MR) is 52.8 cm³/mol. The van der Waals surface area contributed by atoms with Gasteiger partial charge in [-0.2, -0.15) is 0 Å². The molecule has 1 aromatic rings. The Morgan fingerprint density at radius 1 is 1.38 bits per heavy atom. The van der Waals surface area contributed by atoms with Gasteiger partial charge in [-0.3, -0.25) is 0 Å². The lowest BCUT2D eigenvalue weighted by Crippen LogP contribution is -2.27. The third kappa shape index (κ3) is 2.63. The van der Waals surface area contributed by atoms with E-state index in [0.29, 0.717) is 0 Å². The average Bonchev–Trinajstić information content (AvgIpc) is 2.15. The van der Waals surface area contributed by atoms with E-state index in [-0.39, 0.29) is 0 Å². The number of urea groups is 1. The lowest BCUT2D eigenvalue weighted by molar-refractivity contribution is 0.252. The summed E-state index contributed by atoms with van der Waals surface area (Å²) in [6.45, 7) is 1.85. The van der Waals surface area contributed by atoms with Crippen LogP contribution < -0.4 is 11.1 Å². The van der Waals surface area contributed by atoms with E-state index in [1.54, 1.807) is 6.08 Å². The number of allylic oxidation sites excluding steroid dienone is 1. The predicted octanol–water partition coefficient (Wildman–Crippen LogP) is 1.72. The van der Waals surface area contributed by atoms with Gasteiger partial charge in [-0.15, -0.1) is 0 Å². The average molecular weight is 176 g/mol. The topological polar surface area (TPSA) is 55.1 Å². The van der Waals surface area contributed by atoms with Crippen molar-refractivity contribution in [3.05, 3.63) is 42.0 Å². The Morgan fingerprint density at radius 3 is 2.46 bits per heavy atom. The molecule has 0 saturated heterocycles. The largest absolute Gasteiger partial charge is 0.351 e. The Kier molecular flexibility index (Phi) is 3.09. The summed E-state index contributed by atoms with van der Waals surface area (Å²) in [6.07, 6.45) is 1.81. The summed E-state index contributed by atoms with van der Waals surface area (Å²) in [4.78, 5) is 10.6. The Balaban J connectivity index is 2.86. The molecule has 3 N–H and O–H groups in total. The highest BCUT2D eigenvalue weighted by Crippen LogP contribution is 2.09. The Morgan fingerprint density at radius 2 is 2.00 bits per heavy atom. The quantitative estimate of drug-likeness (QED) is 0.708. The van der Waals surface area contributed by atoms with E-state index < -0.39 is 6.03 Å². The van der Waals surface area contributed by atoms with Crippen molar-refractivity contribution in [2.24, 2.45) is 5.73 Å². The van der Waals surface area contributed by atoms with Gasteiger partial charge < -0.3 is 11.1 Å². The van der Waals surface area contributed by atoms with E-state index >= 15 is 0 Å². The molecule has 0 radical (unpaired) electrons. The van der Waals surface area contributed by atoms with Crippen LogP contribution in [0, 0.1) is 0 Å². The van der Waals surface area contributed by atoms with E-state index in [2.05, 4.69) is 5.32 Å². The first-order valence-electron chi connectivity index (χ1n) is 4.02. The van der Waals surface area contributed by atoms with Gasteiger partial charge in [0.1, 0.15) is 0 Å². The summed E-state index contributed by atoms with van der Waals surface area (Å²) in [5.74, 6) is 0. The molecule has 0 fully saturated rings. The van der Waals surface area contributed by atoms with E-state index in [1.807, 2.05) is 37.3 Å². The van der Waals surface area contributed by atoms with Crippen molar-refractivity contribution in [1.29, 1.82) is 0 Å². The number of nitrogens with one attached hydrogen (secondary N) is 1. The number of carbonyl (C=O) groups excluding carboxylic acids is 1. The number of hydrogen-bond acceptors (Lipinski definition) is 1. The molecule has 0 atom stereocenters. The highest BCUT2D eigenvalue weighted by molar-refractivity contribution is 5.84. The van der Waals surface area contributed by atoms with Gasteiger partial charge in [0, 0.05) is 5.70 Å². The molecule has 0 saturated carbocycles. The zero-order valence-electron chi connectivity index (χ0n) is 7.45. The van der Waals surface area contributed by atoms with Gasteiger partial charge in [0.25, 0.3) is 0 Å². The molecule has 0 bridgehead atoms. The summed E-state index contributed by atoms with van der Waals surface area (Å²) >= 11 is 0. The zero-order chi connectivity index (χ0) is 9.68. The number of benzene rings is 1. The number of primary amides is 1. The second kappa shape index (κ2) is 4.30. The molecule has 0 aromatic heterocycles. The summed E-state index contributed by atoms with van der Waals surface area (Å²) in [7, 11) is 0. The molecule has 2 amide bonds. The maximum Gasteiger partial charge on any atom is 0.316 e. The molecule has 0 aliphatic rings. The molecular weight excluding hydrogens is 164 g/mol. The summed E-state index contributed by atoms with van der Waals surface area (Å²) < 4.78 is 0. The van der Waals surface area contributed by atoms with Crippen molar-refractivity contribution < 1.29 is 4.79 Å². The first-order valence-corrected chi connectivity index (χ1v) is 4.02. The van der Waals surface area contributed by atoms with Crippen molar-refractivity contribution in [3.8, 4) is 0 Å². The van der Waals surface area contributed by atoms with Gasteiger partial charge in [-0.25, -0.2) is 4.79 Å². The Bertz CT molecular complexity index is 317. The number of rotatable bonds is 2. The molecule has 3 nitrogen and oxygen atoms in total. The van der Waals surface area contributed by atoms with Crippen LogP contribution in [-0.2, 0) is 0 Å². The number of hydrogen-bond donors (Lipinski definition) is 2. The second-order valence-corrected chi connectivity index (χ2v) is 2.56. The second-order valence-electron chi connectivity index (χ2n) is 2.56. The standard InChI is InChI=1S/C10H12N2O/c1-2-9(12-10(11)13)8-6-4-3-5-7-8/h2-7H,1H3,(H3,11,12,13)/b9-2+. The third-order valence-electron chi connectivity index (χ3n) is 1.63. The van der Waals surface area contributed by atoms with Crippen LogP contribution in [0.1, 0.15) is 12.5 Å². The van der Waals surface area contributed by atoms with E-state index in [1.165, 1.54) is 0 Å². The van der Waals surface area contributed by atoms with Crippen LogP contribution in [0.2, 0.25) is 0 Å². The van der Waals surface area contributed by atoms with Crippen LogP contribution in [0.4, 0.5) is 4.79 Å². The minimum Gasteiger partial charge on any atom is -0.351 e. The van der Waals surface area contributed by atoms with Crippen LogP contribution in [0.3, 0.4) is 0 Å². The van der Waals surface area contributed by atoms with E-state index in [0.717, 1.165) is 11.3 Å². The van der Waals surface area contributed by atoms with Crippen molar-refractivity contribution in [1.82, 2.24) is 5.32 Å². The molecule has 1 rings (SSSR count). The molecule has 1 aromatic carbocycles. The number of nitrogens with two attached hydrogens (primary N) is 1. The third-order valence-corrected chi connectivity index (χ3v) is 1.63. The molecule has 0 aliphatic heterocycles. The zero-order valence-corrected chi connectivity index (χ0v) is 7.45. The normalized spacial score (nSPS) is 11.0. The van der Waals surface area contributed by atoms with Crippen LogP contribution in [0.15, 0.2) is 36.4 Å². The first-order chi connectivity index (χ1) is 6.24. The Hall–Kier alpha value is -1.77. The molecule has 0 aliphatic carbocycles. The van der Waals surface area contributed by atoms with Crippen LogP contribution >= 0.6 is 0 Å². The van der Waals surface area contributed by atoms with Gasteiger partial charge in [-0.05, 0) is 12.5 Å². The monoisotopic (exact) mass is 176 g/mol. The van der Waals surface area contributed by atoms with Crippen molar-refractivity contribution in [3.63, 3.8) is 0 Å². The van der Waals surface area contributed by atoms with Gasteiger partial charge in [0.05, 0.1) is 0 Å². The van der Waals surface area contributed by atoms with Gasteiger partial charge in [-0.1, -0.05) is 36.4 Å². The van der Waals surface area contributed by atoms with Crippen molar-refractivity contribution >= 4 is 11.7 Å². The summed E-state index contributed by atoms with van der Waals surface area (Å²) in [5, 5.41) is 2.55. The molecule has 13 heavy (non-hydrogen) atoms. The smallest absolute Gasteiger partial charge is 0.316 e. The maximum atomic E-state index is 10.6. The highest BCUT2D eigenvalue weighted by atomic mass is 16.2. The minimum absolute atomic E-state index is 0.544. The number of carbonyl (C=O) groups is 1. The lowest BCUT2D eigenvalue weighted by Gasteiger charge is -2.06. The Labute approximate surface area is 77.3 Å². The maximum absolute atomic E-state index is 10.6. The van der Waals surface area contributed by atoms with Crippen molar-refractivity contribution in [2.45, 2.75) is 6.92 Å². The molecule has 0 unspecified atom stereocenters. The fourth-order valence-corrected chi connectivity index (χ4v) is 1.06. The fourth-order valence-electron chi connectivity index (χ4n) is 1.06. The number of amides is 2. The van der Waals surface area contributed by atoms with E-state index in [9.17, 15) is 4.79 Å². The molecule has 0 heterocycles. The first kappa shape index (κ1) is 9.32. The van der Waals surface area contributed by atoms with Crippen LogP contribution in [0.5, 0.6) is 0 Å². The van der Waals surface area contributed by atoms with Gasteiger partial charge in [0.15, 0.2) is 0 Å². The minimum atomic E-state index is -0.544. The molecule has 0 spiro atoms. The lowest BCUT2D eigenvalue weighted by atomic mass is 10.1. The molecule has 3 heteroatoms. The SMILES string of the molecule is C/C=C(/NC(N)=O)c1ccccc1. The fraction of sp³-hybridized carbons (Fsp3) is 0.100. The molecule has 68 valence electrons.